The van der Waals surface area contributed by atoms with Gasteiger partial charge in [0.25, 0.3) is 6.10 Å². The van der Waals surface area contributed by atoms with E-state index in [1.807, 2.05) is 0 Å². The van der Waals surface area contributed by atoms with Gasteiger partial charge in [-0.2, -0.15) is 30.4 Å². The lowest BCUT2D eigenvalue weighted by molar-refractivity contribution is -0.259. The van der Waals surface area contributed by atoms with E-state index < -0.39 is 39.3 Å². The van der Waals surface area contributed by atoms with Gasteiger partial charge in [-0.15, -0.1) is 0 Å². The zero-order valence-corrected chi connectivity index (χ0v) is 17.7. The van der Waals surface area contributed by atoms with Gasteiger partial charge in [0.2, 0.25) is 0 Å². The van der Waals surface area contributed by atoms with Gasteiger partial charge in [0.15, 0.2) is 5.78 Å². The maximum atomic E-state index is 13.9. The highest BCUT2D eigenvalue weighted by Gasteiger charge is 2.66. The summed E-state index contributed by atoms with van der Waals surface area (Å²) in [6.45, 7) is 8.73. The predicted octanol–water partition coefficient (Wildman–Crippen LogP) is 4.91. The van der Waals surface area contributed by atoms with Crippen LogP contribution in [0, 0.1) is 29.1 Å². The molecular weight excluding hydrogens is 447 g/mol. The van der Waals surface area contributed by atoms with E-state index in [2.05, 4.69) is 17.9 Å². The van der Waals surface area contributed by atoms with Crippen LogP contribution >= 0.6 is 0 Å². The summed E-state index contributed by atoms with van der Waals surface area (Å²) in [5.41, 5.74) is 0.131. The second-order valence-electron chi connectivity index (χ2n) is 9.42. The van der Waals surface area contributed by atoms with Crippen molar-refractivity contribution in [3.05, 3.63) is 24.5 Å². The first-order valence-corrected chi connectivity index (χ1v) is 11.4. The van der Waals surface area contributed by atoms with Crippen LogP contribution in [-0.4, -0.2) is 36.3 Å². The van der Waals surface area contributed by atoms with Crippen LogP contribution < -0.4 is 0 Å². The zero-order valence-electron chi connectivity index (χ0n) is 16.9. The topological polar surface area (TPSA) is 80.7 Å². The number of allylic oxidation sites excluding steroid dienone is 2. The first-order valence-electron chi connectivity index (χ1n) is 9.92. The average Bonchev–Trinajstić information content (AvgIpc) is 2.56. The molecule has 4 aliphatic carbocycles. The highest BCUT2D eigenvalue weighted by molar-refractivity contribution is 7.86. The van der Waals surface area contributed by atoms with Crippen molar-refractivity contribution >= 4 is 15.9 Å². The molecule has 4 fully saturated rings. The van der Waals surface area contributed by atoms with Crippen molar-refractivity contribution < 1.29 is 44.5 Å². The van der Waals surface area contributed by atoms with Gasteiger partial charge in [-0.05, 0) is 67.8 Å². The van der Waals surface area contributed by atoms with E-state index in [9.17, 15) is 35.2 Å². The number of carbonyl (C=O) groups excluding carboxylic acids is 1. The molecule has 0 spiro atoms. The van der Waals surface area contributed by atoms with Crippen molar-refractivity contribution in [1.29, 1.82) is 0 Å². The number of hydrogen-bond acceptors (Lipinski definition) is 4. The second-order valence-corrected chi connectivity index (χ2v) is 10.9. The maximum absolute atomic E-state index is 13.9. The molecule has 4 bridgehead atoms. The molecule has 4 rings (SSSR count). The molecule has 0 radical (unpaired) electrons. The van der Waals surface area contributed by atoms with Crippen LogP contribution in [0.15, 0.2) is 24.5 Å². The molecule has 0 aromatic heterocycles. The monoisotopic (exact) mass is 472 g/mol. The molecule has 176 valence electrons. The molecule has 4 saturated carbocycles. The van der Waals surface area contributed by atoms with Crippen LogP contribution in [0.2, 0.25) is 0 Å². The SMILES string of the molecule is C=C(C)C(=O)CC12CC3CC(C1)C(C(=C)OC(C(F)(F)F)C(F)(F)S(=O)(=O)O)C(C3)C2. The average molecular weight is 472 g/mol. The molecule has 0 aromatic carbocycles. The van der Waals surface area contributed by atoms with E-state index >= 15 is 0 Å². The number of carbonyl (C=O) groups is 1. The number of alkyl halides is 5. The minimum atomic E-state index is -6.38. The van der Waals surface area contributed by atoms with E-state index in [1.54, 1.807) is 6.92 Å². The Morgan fingerprint density at radius 3 is 2.06 bits per heavy atom. The number of Topliss-reactive ketones (excluding diaryl/α,β-unsaturated/α-hetero) is 1. The molecule has 31 heavy (non-hydrogen) atoms. The number of rotatable bonds is 8. The van der Waals surface area contributed by atoms with Crippen LogP contribution in [0.25, 0.3) is 0 Å². The molecule has 0 saturated heterocycles. The van der Waals surface area contributed by atoms with Crippen molar-refractivity contribution in [2.45, 2.75) is 63.0 Å². The third-order valence-corrected chi connectivity index (χ3v) is 7.90. The molecule has 1 N–H and O–H groups in total. The Morgan fingerprint density at radius 2 is 1.65 bits per heavy atom. The lowest BCUT2D eigenvalue weighted by Crippen LogP contribution is -2.54. The Bertz CT molecular complexity index is 878. The summed E-state index contributed by atoms with van der Waals surface area (Å²) in [5.74, 6) is -1.42. The van der Waals surface area contributed by atoms with E-state index in [1.165, 1.54) is 0 Å². The molecule has 0 heterocycles. The fraction of sp³-hybridized carbons (Fsp3) is 0.750. The minimum Gasteiger partial charge on any atom is -0.478 e. The smallest absolute Gasteiger partial charge is 0.432 e. The highest BCUT2D eigenvalue weighted by atomic mass is 32.2. The number of halogens is 5. The van der Waals surface area contributed by atoms with Crippen molar-refractivity contribution in [3.63, 3.8) is 0 Å². The summed E-state index contributed by atoms with van der Waals surface area (Å²) >= 11 is 0. The molecule has 11 heteroatoms. The molecule has 0 amide bonds. The molecule has 4 aliphatic rings. The highest BCUT2D eigenvalue weighted by Crippen LogP contribution is 2.65. The Hall–Kier alpha value is -1.49. The van der Waals surface area contributed by atoms with Crippen LogP contribution in [-0.2, 0) is 19.6 Å². The summed E-state index contributed by atoms with van der Waals surface area (Å²) in [6, 6.07) is 0. The lowest BCUT2D eigenvalue weighted by Gasteiger charge is -2.60. The summed E-state index contributed by atoms with van der Waals surface area (Å²) < 4.78 is 102. The molecule has 5 nitrogen and oxygen atoms in total. The van der Waals surface area contributed by atoms with Gasteiger partial charge in [0, 0.05) is 12.3 Å². The van der Waals surface area contributed by atoms with E-state index in [0.717, 1.165) is 6.42 Å². The summed E-state index contributed by atoms with van der Waals surface area (Å²) in [7, 11) is -6.38. The summed E-state index contributed by atoms with van der Waals surface area (Å²) in [4.78, 5) is 12.3. The summed E-state index contributed by atoms with van der Waals surface area (Å²) in [6.07, 6.45) is -6.37. The molecule has 3 atom stereocenters. The van der Waals surface area contributed by atoms with Gasteiger partial charge in [-0.25, -0.2) is 0 Å². The third-order valence-electron chi connectivity index (χ3n) is 7.00. The van der Waals surface area contributed by atoms with Crippen molar-refractivity contribution in [2.24, 2.45) is 29.1 Å². The van der Waals surface area contributed by atoms with Gasteiger partial charge in [0.05, 0.1) is 5.76 Å². The second kappa shape index (κ2) is 7.54. The molecule has 0 aliphatic heterocycles. The van der Waals surface area contributed by atoms with Crippen molar-refractivity contribution in [1.82, 2.24) is 0 Å². The van der Waals surface area contributed by atoms with Gasteiger partial charge in [0.1, 0.15) is 0 Å². The molecular formula is C20H25F5O5S. The van der Waals surface area contributed by atoms with E-state index in [-0.39, 0.29) is 35.4 Å². The van der Waals surface area contributed by atoms with Crippen LogP contribution in [0.4, 0.5) is 22.0 Å². The van der Waals surface area contributed by atoms with Gasteiger partial charge in [-0.3, -0.25) is 9.35 Å². The van der Waals surface area contributed by atoms with E-state index in [0.29, 0.717) is 31.3 Å². The van der Waals surface area contributed by atoms with Gasteiger partial charge in [-0.1, -0.05) is 13.2 Å². The van der Waals surface area contributed by atoms with Crippen molar-refractivity contribution in [3.8, 4) is 0 Å². The van der Waals surface area contributed by atoms with Gasteiger partial charge >= 0.3 is 21.5 Å². The largest absolute Gasteiger partial charge is 0.478 e. The fourth-order valence-corrected chi connectivity index (χ4v) is 6.57. The Morgan fingerprint density at radius 1 is 1.13 bits per heavy atom. The van der Waals surface area contributed by atoms with Crippen LogP contribution in [0.5, 0.6) is 0 Å². The number of ether oxygens (including phenoxy) is 1. The van der Waals surface area contributed by atoms with Gasteiger partial charge < -0.3 is 4.74 Å². The quantitative estimate of drug-likeness (QED) is 0.235. The minimum absolute atomic E-state index is 0.0708. The summed E-state index contributed by atoms with van der Waals surface area (Å²) in [5, 5.41) is -5.59. The Labute approximate surface area is 177 Å². The van der Waals surface area contributed by atoms with Crippen LogP contribution in [0.3, 0.4) is 0 Å². The number of hydrogen-bond donors (Lipinski definition) is 1. The standard InChI is InChI=1S/C20H25F5O5S/c1-10(2)15(26)9-18-6-12-4-13(7-18)16(14(5-12)8-18)11(3)30-17(19(21,22)23)20(24,25)31(27,28)29/h12-14,16-17H,1,3-9H2,2H3,(H,27,28,29). The predicted molar refractivity (Wildman–Crippen MR) is 100 cm³/mol. The fourth-order valence-electron chi connectivity index (χ4n) is 6.12. The van der Waals surface area contributed by atoms with Crippen molar-refractivity contribution in [2.75, 3.05) is 0 Å². The van der Waals surface area contributed by atoms with Crippen LogP contribution in [0.1, 0.15) is 45.4 Å². The first kappa shape index (κ1) is 24.2. The molecule has 0 aromatic rings. The maximum Gasteiger partial charge on any atom is 0.432 e. The Balaban J connectivity index is 1.82. The third kappa shape index (κ3) is 4.40. The number of ketones is 1. The zero-order chi connectivity index (χ0) is 23.6. The molecule has 3 unspecified atom stereocenters. The lowest BCUT2D eigenvalue weighted by atomic mass is 9.45. The normalized spacial score (nSPS) is 33.8. The Kier molecular flexibility index (Phi) is 5.87. The van der Waals surface area contributed by atoms with E-state index in [4.69, 9.17) is 4.55 Å². The first-order chi connectivity index (χ1) is 14.0.